The van der Waals surface area contributed by atoms with Crippen molar-refractivity contribution in [2.75, 3.05) is 27.3 Å². The number of pyridine rings is 1. The molecular formula is C14H21IN6O. The first kappa shape index (κ1) is 18.4. The Morgan fingerprint density at radius 3 is 2.91 bits per heavy atom. The van der Waals surface area contributed by atoms with Crippen molar-refractivity contribution in [2.45, 2.75) is 6.54 Å². The molecule has 2 heterocycles. The third-order valence-electron chi connectivity index (χ3n) is 2.83. The van der Waals surface area contributed by atoms with Crippen molar-refractivity contribution in [3.05, 3.63) is 42.4 Å². The van der Waals surface area contributed by atoms with Crippen molar-refractivity contribution < 1.29 is 4.74 Å². The van der Waals surface area contributed by atoms with Crippen molar-refractivity contribution in [1.29, 1.82) is 0 Å². The van der Waals surface area contributed by atoms with Crippen molar-refractivity contribution in [1.82, 2.24) is 25.4 Å². The standard InChI is InChI=1S/C14H20N6O.HI/c1-15-14(17-7-9-21-2)18-11-12-4-6-16-13(10-12)20-8-3-5-19-20;/h3-6,8,10H,7,9,11H2,1-2H3,(H2,15,17,18);1H. The summed E-state index contributed by atoms with van der Waals surface area (Å²) in [7, 11) is 3.41. The molecule has 0 saturated heterocycles. The number of methoxy groups -OCH3 is 1. The minimum atomic E-state index is 0. The van der Waals surface area contributed by atoms with E-state index in [-0.39, 0.29) is 24.0 Å². The van der Waals surface area contributed by atoms with E-state index in [1.807, 2.05) is 24.4 Å². The number of aliphatic imine (C=N–C) groups is 1. The van der Waals surface area contributed by atoms with E-state index >= 15 is 0 Å². The predicted molar refractivity (Wildman–Crippen MR) is 96.9 cm³/mol. The lowest BCUT2D eigenvalue weighted by atomic mass is 10.2. The maximum absolute atomic E-state index is 4.99. The third kappa shape index (κ3) is 5.60. The summed E-state index contributed by atoms with van der Waals surface area (Å²) in [4.78, 5) is 8.45. The van der Waals surface area contributed by atoms with Crippen LogP contribution in [0.2, 0.25) is 0 Å². The lowest BCUT2D eigenvalue weighted by Crippen LogP contribution is -2.38. The van der Waals surface area contributed by atoms with E-state index in [0.29, 0.717) is 19.7 Å². The van der Waals surface area contributed by atoms with Gasteiger partial charge in [-0.25, -0.2) is 9.67 Å². The van der Waals surface area contributed by atoms with Crippen LogP contribution >= 0.6 is 24.0 Å². The average molecular weight is 416 g/mol. The largest absolute Gasteiger partial charge is 0.383 e. The van der Waals surface area contributed by atoms with Crippen molar-refractivity contribution >= 4 is 29.9 Å². The number of aromatic nitrogens is 3. The summed E-state index contributed by atoms with van der Waals surface area (Å²) in [5.41, 5.74) is 1.10. The summed E-state index contributed by atoms with van der Waals surface area (Å²) in [5.74, 6) is 1.53. The molecule has 0 unspecified atom stereocenters. The Balaban J connectivity index is 0.00000242. The first-order valence-corrected chi connectivity index (χ1v) is 6.72. The Bertz CT molecular complexity index is 572. The number of rotatable bonds is 6. The lowest BCUT2D eigenvalue weighted by molar-refractivity contribution is 0.203. The highest BCUT2D eigenvalue weighted by molar-refractivity contribution is 14.0. The molecule has 7 nitrogen and oxygen atoms in total. The molecule has 0 aliphatic rings. The average Bonchev–Trinajstić information content (AvgIpc) is 3.05. The zero-order chi connectivity index (χ0) is 14.9. The fourth-order valence-electron chi connectivity index (χ4n) is 1.78. The number of nitrogens with zero attached hydrogens (tertiary/aromatic N) is 4. The second-order valence-electron chi connectivity index (χ2n) is 4.32. The number of halogens is 1. The maximum atomic E-state index is 4.99. The van der Waals surface area contributed by atoms with Crippen molar-refractivity contribution in [3.8, 4) is 5.82 Å². The van der Waals surface area contributed by atoms with Crippen LogP contribution in [0.15, 0.2) is 41.8 Å². The van der Waals surface area contributed by atoms with E-state index in [4.69, 9.17) is 4.74 Å². The van der Waals surface area contributed by atoms with E-state index < -0.39 is 0 Å². The molecule has 2 aromatic rings. The number of hydrogen-bond acceptors (Lipinski definition) is 4. The van der Waals surface area contributed by atoms with E-state index in [1.165, 1.54) is 0 Å². The first-order valence-electron chi connectivity index (χ1n) is 6.72. The van der Waals surface area contributed by atoms with Gasteiger partial charge < -0.3 is 15.4 Å². The fourth-order valence-corrected chi connectivity index (χ4v) is 1.78. The number of hydrogen-bond donors (Lipinski definition) is 2. The van der Waals surface area contributed by atoms with Gasteiger partial charge in [0.15, 0.2) is 11.8 Å². The molecule has 0 saturated carbocycles. The molecule has 8 heteroatoms. The van der Waals surface area contributed by atoms with E-state index in [1.54, 1.807) is 31.2 Å². The van der Waals surface area contributed by atoms with Crippen molar-refractivity contribution in [3.63, 3.8) is 0 Å². The first-order chi connectivity index (χ1) is 10.3. The molecule has 2 rings (SSSR count). The SMILES string of the molecule is CN=C(NCCOC)NCc1ccnc(-n2cccn2)c1.I. The van der Waals surface area contributed by atoms with Gasteiger partial charge in [-0.05, 0) is 23.8 Å². The summed E-state index contributed by atoms with van der Waals surface area (Å²) in [6.45, 7) is 2.01. The van der Waals surface area contributed by atoms with E-state index in [9.17, 15) is 0 Å². The zero-order valence-electron chi connectivity index (χ0n) is 12.7. The van der Waals surface area contributed by atoms with Crippen LogP contribution in [0.5, 0.6) is 0 Å². The fraction of sp³-hybridized carbons (Fsp3) is 0.357. The van der Waals surface area contributed by atoms with E-state index in [0.717, 1.165) is 17.3 Å². The quantitative estimate of drug-likeness (QED) is 0.320. The molecule has 0 aliphatic carbocycles. The maximum Gasteiger partial charge on any atom is 0.191 e. The highest BCUT2D eigenvalue weighted by Crippen LogP contribution is 2.05. The van der Waals surface area contributed by atoms with Gasteiger partial charge in [0.2, 0.25) is 0 Å². The smallest absolute Gasteiger partial charge is 0.191 e. The van der Waals surface area contributed by atoms with Crippen LogP contribution in [-0.4, -0.2) is 48.0 Å². The Morgan fingerprint density at radius 2 is 2.23 bits per heavy atom. The monoisotopic (exact) mass is 416 g/mol. The lowest BCUT2D eigenvalue weighted by Gasteiger charge is -2.12. The molecular weight excluding hydrogens is 395 g/mol. The molecule has 0 amide bonds. The van der Waals surface area contributed by atoms with Gasteiger partial charge in [-0.15, -0.1) is 24.0 Å². The van der Waals surface area contributed by atoms with Crippen LogP contribution in [0, 0.1) is 0 Å². The molecule has 0 spiro atoms. The van der Waals surface area contributed by atoms with Gasteiger partial charge in [0.25, 0.3) is 0 Å². The highest BCUT2D eigenvalue weighted by atomic mass is 127. The topological polar surface area (TPSA) is 76.4 Å². The molecule has 0 fully saturated rings. The highest BCUT2D eigenvalue weighted by Gasteiger charge is 2.01. The zero-order valence-corrected chi connectivity index (χ0v) is 15.0. The predicted octanol–water partition coefficient (Wildman–Crippen LogP) is 1.20. The summed E-state index contributed by atoms with van der Waals surface area (Å²) in [5, 5.41) is 10.6. The molecule has 22 heavy (non-hydrogen) atoms. The van der Waals surface area contributed by atoms with Gasteiger partial charge in [-0.1, -0.05) is 0 Å². The van der Waals surface area contributed by atoms with Gasteiger partial charge in [0.1, 0.15) is 0 Å². The Morgan fingerprint density at radius 1 is 1.36 bits per heavy atom. The van der Waals surface area contributed by atoms with Crippen molar-refractivity contribution in [2.24, 2.45) is 4.99 Å². The summed E-state index contributed by atoms with van der Waals surface area (Å²) in [6.07, 6.45) is 5.37. The second kappa shape index (κ2) is 10.1. The van der Waals surface area contributed by atoms with Crippen LogP contribution in [0.3, 0.4) is 0 Å². The van der Waals surface area contributed by atoms with Crippen LogP contribution in [0.1, 0.15) is 5.56 Å². The molecule has 2 N–H and O–H groups in total. The van der Waals surface area contributed by atoms with Crippen LogP contribution in [0.4, 0.5) is 0 Å². The number of nitrogens with one attached hydrogen (secondary N) is 2. The summed E-state index contributed by atoms with van der Waals surface area (Å²) in [6, 6.07) is 5.82. The molecule has 0 aromatic carbocycles. The van der Waals surface area contributed by atoms with Crippen LogP contribution < -0.4 is 10.6 Å². The molecule has 120 valence electrons. The Hall–Kier alpha value is -1.68. The van der Waals surface area contributed by atoms with Gasteiger partial charge in [-0.3, -0.25) is 4.99 Å². The minimum absolute atomic E-state index is 0. The van der Waals surface area contributed by atoms with E-state index in [2.05, 4.69) is 25.7 Å². The van der Waals surface area contributed by atoms with Crippen LogP contribution in [-0.2, 0) is 11.3 Å². The van der Waals surface area contributed by atoms with Gasteiger partial charge in [0.05, 0.1) is 6.61 Å². The molecule has 2 aromatic heterocycles. The number of guanidine groups is 1. The summed E-state index contributed by atoms with van der Waals surface area (Å²) >= 11 is 0. The minimum Gasteiger partial charge on any atom is -0.383 e. The van der Waals surface area contributed by atoms with Gasteiger partial charge in [-0.2, -0.15) is 5.10 Å². The third-order valence-corrected chi connectivity index (χ3v) is 2.83. The van der Waals surface area contributed by atoms with Crippen LogP contribution in [0.25, 0.3) is 5.82 Å². The molecule has 0 atom stereocenters. The number of ether oxygens (including phenoxy) is 1. The molecule has 0 radical (unpaired) electrons. The summed E-state index contributed by atoms with van der Waals surface area (Å²) < 4.78 is 6.72. The normalized spacial score (nSPS) is 10.9. The van der Waals surface area contributed by atoms with Gasteiger partial charge >= 0.3 is 0 Å². The Labute approximate surface area is 147 Å². The molecule has 0 aliphatic heterocycles. The van der Waals surface area contributed by atoms with Gasteiger partial charge in [0, 0.05) is 45.8 Å². The second-order valence-corrected chi connectivity index (χ2v) is 4.32. The molecule has 0 bridgehead atoms. The Kier molecular flexibility index (Phi) is 8.44.